The molecule has 1 aromatic rings. The Morgan fingerprint density at radius 2 is 1.93 bits per heavy atom. The van der Waals surface area contributed by atoms with Gasteiger partial charge in [-0.1, -0.05) is 28.1 Å². The Morgan fingerprint density at radius 3 is 2.57 bits per heavy atom. The maximum absolute atomic E-state index is 13.2. The van der Waals surface area contributed by atoms with E-state index in [0.29, 0.717) is 0 Å². The van der Waals surface area contributed by atoms with Crippen molar-refractivity contribution in [1.29, 1.82) is 0 Å². The molecule has 4 heteroatoms. The molecule has 0 aliphatic carbocycles. The van der Waals surface area contributed by atoms with Crippen LogP contribution in [0.25, 0.3) is 6.08 Å². The van der Waals surface area contributed by atoms with Crippen molar-refractivity contribution in [2.75, 3.05) is 5.33 Å². The highest BCUT2D eigenvalue weighted by molar-refractivity contribution is 9.10. The zero-order valence-electron chi connectivity index (χ0n) is 7.24. The summed E-state index contributed by atoms with van der Waals surface area (Å²) >= 11 is 6.16. The molecule has 0 bridgehead atoms. The van der Waals surface area contributed by atoms with Gasteiger partial charge in [-0.3, -0.25) is 0 Å². The van der Waals surface area contributed by atoms with E-state index in [0.717, 1.165) is 17.8 Å². The lowest BCUT2D eigenvalue weighted by atomic mass is 10.2. The summed E-state index contributed by atoms with van der Waals surface area (Å²) in [6, 6.07) is 2.30. The molecule has 0 saturated heterocycles. The molecule has 0 aliphatic heterocycles. The summed E-state index contributed by atoms with van der Waals surface area (Å²) in [5.74, 6) is -0.881. The molecule has 0 aliphatic rings. The second kappa shape index (κ2) is 5.61. The van der Waals surface area contributed by atoms with E-state index in [1.807, 2.05) is 0 Å². The summed E-state index contributed by atoms with van der Waals surface area (Å²) in [5, 5.41) is 0.810. The summed E-state index contributed by atoms with van der Waals surface area (Å²) in [4.78, 5) is 0. The van der Waals surface area contributed by atoms with Gasteiger partial charge in [0, 0.05) is 10.9 Å². The highest BCUT2D eigenvalue weighted by atomic mass is 79.9. The number of rotatable bonds is 3. The van der Waals surface area contributed by atoms with Crippen LogP contribution in [0.5, 0.6) is 0 Å². The Kier molecular flexibility index (Phi) is 4.75. The molecule has 0 radical (unpaired) electrons. The van der Waals surface area contributed by atoms with Gasteiger partial charge >= 0.3 is 0 Å². The van der Waals surface area contributed by atoms with Gasteiger partial charge in [-0.25, -0.2) is 8.78 Å². The average Bonchev–Trinajstić information content (AvgIpc) is 2.14. The standard InChI is InChI=1S/C10H8Br2F2/c11-4-2-1-3-7-5-10(14)8(12)6-9(7)13/h1,3,5-6H,2,4H2. The fraction of sp³-hybridized carbons (Fsp3) is 0.200. The van der Waals surface area contributed by atoms with E-state index in [9.17, 15) is 8.78 Å². The van der Waals surface area contributed by atoms with Crippen molar-refractivity contribution in [2.24, 2.45) is 0 Å². The Morgan fingerprint density at radius 1 is 1.21 bits per heavy atom. The first-order valence-corrected chi connectivity index (χ1v) is 5.93. The maximum Gasteiger partial charge on any atom is 0.138 e. The largest absolute Gasteiger partial charge is 0.206 e. The first kappa shape index (κ1) is 11.9. The minimum atomic E-state index is -0.454. The highest BCUT2D eigenvalue weighted by Crippen LogP contribution is 2.20. The van der Waals surface area contributed by atoms with Crippen molar-refractivity contribution in [3.63, 3.8) is 0 Å². The van der Waals surface area contributed by atoms with E-state index >= 15 is 0 Å². The van der Waals surface area contributed by atoms with Crippen LogP contribution in [-0.4, -0.2) is 5.33 Å². The maximum atomic E-state index is 13.2. The molecular weight excluding hydrogens is 318 g/mol. The normalized spacial score (nSPS) is 11.1. The van der Waals surface area contributed by atoms with Crippen LogP contribution in [0.3, 0.4) is 0 Å². The van der Waals surface area contributed by atoms with Crippen molar-refractivity contribution >= 4 is 37.9 Å². The summed E-state index contributed by atoms with van der Waals surface area (Å²) in [7, 11) is 0. The number of halogens is 4. The number of hydrogen-bond donors (Lipinski definition) is 0. The molecule has 0 N–H and O–H groups in total. The van der Waals surface area contributed by atoms with Gasteiger partial charge in [-0.15, -0.1) is 0 Å². The predicted molar refractivity (Wildman–Crippen MR) is 61.5 cm³/mol. The average molecular weight is 326 g/mol. The lowest BCUT2D eigenvalue weighted by Gasteiger charge is -1.99. The fourth-order valence-corrected chi connectivity index (χ4v) is 1.52. The second-order valence-corrected chi connectivity index (χ2v) is 4.32. The number of allylic oxidation sites excluding steroid dienone is 1. The van der Waals surface area contributed by atoms with E-state index in [1.165, 1.54) is 6.07 Å². The van der Waals surface area contributed by atoms with Crippen LogP contribution < -0.4 is 0 Å². The lowest BCUT2D eigenvalue weighted by molar-refractivity contribution is 0.592. The molecule has 14 heavy (non-hydrogen) atoms. The first-order valence-electron chi connectivity index (χ1n) is 4.02. The molecule has 1 rings (SSSR count). The Bertz CT molecular complexity index is 348. The molecule has 0 unspecified atom stereocenters. The van der Waals surface area contributed by atoms with Crippen LogP contribution in [-0.2, 0) is 0 Å². The number of hydrogen-bond acceptors (Lipinski definition) is 0. The molecule has 76 valence electrons. The molecule has 0 heterocycles. The van der Waals surface area contributed by atoms with Gasteiger partial charge in [0.25, 0.3) is 0 Å². The summed E-state index contributed by atoms with van der Waals surface area (Å²) in [6.45, 7) is 0. The fourth-order valence-electron chi connectivity index (χ4n) is 0.939. The molecule has 1 aromatic carbocycles. The van der Waals surface area contributed by atoms with E-state index < -0.39 is 11.6 Å². The monoisotopic (exact) mass is 324 g/mol. The molecule has 0 nitrogen and oxygen atoms in total. The molecule has 0 fully saturated rings. The van der Waals surface area contributed by atoms with Gasteiger partial charge in [-0.05, 0) is 34.5 Å². The topological polar surface area (TPSA) is 0 Å². The summed E-state index contributed by atoms with van der Waals surface area (Å²) in [5.41, 5.74) is 0.270. The van der Waals surface area contributed by atoms with Gasteiger partial charge in [0.1, 0.15) is 11.6 Å². The van der Waals surface area contributed by atoms with Gasteiger partial charge in [0.05, 0.1) is 4.47 Å². The summed E-state index contributed by atoms with van der Waals surface area (Å²) < 4.78 is 26.4. The zero-order chi connectivity index (χ0) is 10.6. The first-order chi connectivity index (χ1) is 6.65. The van der Waals surface area contributed by atoms with Crippen molar-refractivity contribution in [3.8, 4) is 0 Å². The van der Waals surface area contributed by atoms with Gasteiger partial charge < -0.3 is 0 Å². The van der Waals surface area contributed by atoms with Crippen LogP contribution in [0, 0.1) is 11.6 Å². The SMILES string of the molecule is Fc1cc(C=CCCBr)c(F)cc1Br. The van der Waals surface area contributed by atoms with Crippen molar-refractivity contribution in [1.82, 2.24) is 0 Å². The zero-order valence-corrected chi connectivity index (χ0v) is 10.4. The highest BCUT2D eigenvalue weighted by Gasteiger charge is 2.05. The Balaban J connectivity index is 2.92. The smallest absolute Gasteiger partial charge is 0.138 e. The molecule has 0 saturated carbocycles. The van der Waals surface area contributed by atoms with E-state index in [4.69, 9.17) is 0 Å². The second-order valence-electron chi connectivity index (χ2n) is 2.67. The van der Waals surface area contributed by atoms with Crippen molar-refractivity contribution < 1.29 is 8.78 Å². The number of benzene rings is 1. The van der Waals surface area contributed by atoms with Crippen LogP contribution in [0.1, 0.15) is 12.0 Å². The molecule has 0 spiro atoms. The number of alkyl halides is 1. The van der Waals surface area contributed by atoms with E-state index in [1.54, 1.807) is 12.2 Å². The minimum absolute atomic E-state index is 0.146. The third-order valence-electron chi connectivity index (χ3n) is 1.61. The van der Waals surface area contributed by atoms with Crippen LogP contribution in [0.4, 0.5) is 8.78 Å². The third-order valence-corrected chi connectivity index (χ3v) is 2.68. The van der Waals surface area contributed by atoms with Gasteiger partial charge in [0.15, 0.2) is 0 Å². The van der Waals surface area contributed by atoms with Gasteiger partial charge in [-0.2, -0.15) is 0 Å². The minimum Gasteiger partial charge on any atom is -0.206 e. The van der Waals surface area contributed by atoms with Crippen molar-refractivity contribution in [3.05, 3.63) is 39.9 Å². The molecule has 0 atom stereocenters. The van der Waals surface area contributed by atoms with Gasteiger partial charge in [0.2, 0.25) is 0 Å². The van der Waals surface area contributed by atoms with Crippen LogP contribution >= 0.6 is 31.9 Å². The van der Waals surface area contributed by atoms with Crippen LogP contribution in [0.15, 0.2) is 22.7 Å². The third kappa shape index (κ3) is 3.17. The predicted octanol–water partition coefficient (Wildman–Crippen LogP) is 4.53. The molecule has 0 amide bonds. The Hall–Kier alpha value is -0.220. The Labute approximate surface area is 98.3 Å². The van der Waals surface area contributed by atoms with Crippen LogP contribution in [0.2, 0.25) is 0 Å². The van der Waals surface area contributed by atoms with Crippen molar-refractivity contribution in [2.45, 2.75) is 6.42 Å². The molecule has 0 aromatic heterocycles. The summed E-state index contributed by atoms with van der Waals surface area (Å²) in [6.07, 6.45) is 4.16. The molecular formula is C10H8Br2F2. The quantitative estimate of drug-likeness (QED) is 0.566. The van der Waals surface area contributed by atoms with E-state index in [-0.39, 0.29) is 10.0 Å². The van der Waals surface area contributed by atoms with E-state index in [2.05, 4.69) is 31.9 Å². The lowest BCUT2D eigenvalue weighted by Crippen LogP contribution is -1.86.